The quantitative estimate of drug-likeness (QED) is 0.0812. The van der Waals surface area contributed by atoms with E-state index in [1.165, 1.54) is 0 Å². The second kappa shape index (κ2) is 21.2. The molecule has 320 valence electrons. The van der Waals surface area contributed by atoms with Crippen LogP contribution in [0.1, 0.15) is 34.7 Å². The maximum Gasteiger partial charge on any atom is 0.410 e. The Kier molecular flexibility index (Phi) is 14.9. The SMILES string of the molecule is CO[C@@H]1OC(CO[C@@H]2OC(COCc3ccccc3)[C@H](C)[C@@H]3OC(=O)N(Cc4ccccc4)C23)[C@H](OCc2ccccc2)[C@@H](OCc2ccccc2)C1OCc1ccccc1. The molecule has 5 aromatic rings. The third-order valence-corrected chi connectivity index (χ3v) is 11.6. The van der Waals surface area contributed by atoms with E-state index in [-0.39, 0.29) is 25.7 Å². The lowest BCUT2D eigenvalue weighted by Crippen LogP contribution is -2.63. The van der Waals surface area contributed by atoms with Gasteiger partial charge in [0, 0.05) is 19.6 Å². The minimum Gasteiger partial charge on any atom is -0.443 e. The Bertz CT molecular complexity index is 2050. The van der Waals surface area contributed by atoms with Gasteiger partial charge in [-0.25, -0.2) is 4.79 Å². The molecule has 3 aliphatic heterocycles. The summed E-state index contributed by atoms with van der Waals surface area (Å²) in [4.78, 5) is 15.4. The van der Waals surface area contributed by atoms with Crippen molar-refractivity contribution in [2.75, 3.05) is 20.3 Å². The van der Waals surface area contributed by atoms with Crippen LogP contribution in [0.25, 0.3) is 0 Å². The van der Waals surface area contributed by atoms with Crippen LogP contribution < -0.4 is 0 Å². The van der Waals surface area contributed by atoms with Gasteiger partial charge in [-0.15, -0.1) is 0 Å². The number of ether oxygens (including phenoxy) is 9. The van der Waals surface area contributed by atoms with E-state index in [0.717, 1.165) is 27.8 Å². The summed E-state index contributed by atoms with van der Waals surface area (Å²) in [5.41, 5.74) is 5.01. The topological polar surface area (TPSA) is 103 Å². The standard InChI is InChI=1S/C50H55NO10/c1-35-41(33-54-29-37-20-10-4-11-21-37)59-48(43-44(35)61-50(52)51(43)28-36-18-8-3-9-19-36)58-34-42-45(55-30-38-22-12-5-13-23-38)46(56-31-39-24-14-6-15-25-39)47(49(53-2)60-42)57-32-40-26-16-7-17-27-40/h3-27,35,41-49H,28-34H2,1-2H3/t35-,41?,42?,43?,44-,45-,46+,47?,48+,49+/m0/s1. The summed E-state index contributed by atoms with van der Waals surface area (Å²) in [7, 11) is 1.60. The van der Waals surface area contributed by atoms with Crippen molar-refractivity contribution >= 4 is 6.09 Å². The van der Waals surface area contributed by atoms with Crippen LogP contribution in [0.5, 0.6) is 0 Å². The maximum atomic E-state index is 13.7. The number of fused-ring (bicyclic) bond motifs is 1. The van der Waals surface area contributed by atoms with Crippen LogP contribution in [0.4, 0.5) is 4.79 Å². The second-order valence-corrected chi connectivity index (χ2v) is 15.8. The average molecular weight is 830 g/mol. The highest BCUT2D eigenvalue weighted by molar-refractivity contribution is 5.71. The molecule has 11 nitrogen and oxygen atoms in total. The number of rotatable bonds is 19. The number of nitrogens with zero attached hydrogens (tertiary/aromatic N) is 1. The molecule has 61 heavy (non-hydrogen) atoms. The smallest absolute Gasteiger partial charge is 0.410 e. The predicted octanol–water partition coefficient (Wildman–Crippen LogP) is 8.10. The van der Waals surface area contributed by atoms with Crippen molar-refractivity contribution in [1.29, 1.82) is 0 Å². The van der Waals surface area contributed by atoms with Gasteiger partial charge >= 0.3 is 6.09 Å². The number of hydrogen-bond donors (Lipinski definition) is 0. The first-order chi connectivity index (χ1) is 30.0. The van der Waals surface area contributed by atoms with E-state index in [2.05, 4.69) is 0 Å². The number of hydrogen-bond acceptors (Lipinski definition) is 10. The minimum absolute atomic E-state index is 0.0170. The van der Waals surface area contributed by atoms with Crippen LogP contribution in [0.15, 0.2) is 152 Å². The summed E-state index contributed by atoms with van der Waals surface area (Å²) in [6.45, 7) is 3.98. The monoisotopic (exact) mass is 829 g/mol. The van der Waals surface area contributed by atoms with E-state index in [4.69, 9.17) is 42.6 Å². The number of carbonyl (C=O) groups is 1. The zero-order chi connectivity index (χ0) is 41.8. The molecule has 8 rings (SSSR count). The lowest BCUT2D eigenvalue weighted by molar-refractivity contribution is -0.333. The van der Waals surface area contributed by atoms with E-state index in [1.807, 2.05) is 159 Å². The summed E-state index contributed by atoms with van der Waals surface area (Å²) in [6, 6.07) is 49.2. The highest BCUT2D eigenvalue weighted by Gasteiger charge is 2.56. The third kappa shape index (κ3) is 10.9. The normalized spacial score (nSPS) is 27.4. The molecular formula is C50H55NO10. The molecule has 0 bridgehead atoms. The summed E-state index contributed by atoms with van der Waals surface area (Å²) >= 11 is 0. The average Bonchev–Trinajstić information content (AvgIpc) is 3.64. The molecule has 4 unspecified atom stereocenters. The van der Waals surface area contributed by atoms with Gasteiger partial charge in [0.25, 0.3) is 0 Å². The number of carbonyl (C=O) groups excluding carboxylic acids is 1. The molecule has 10 atom stereocenters. The van der Waals surface area contributed by atoms with Gasteiger partial charge in [-0.05, 0) is 27.8 Å². The third-order valence-electron chi connectivity index (χ3n) is 11.6. The van der Waals surface area contributed by atoms with Gasteiger partial charge in [0.05, 0.1) is 45.7 Å². The molecule has 0 N–H and O–H groups in total. The van der Waals surface area contributed by atoms with Crippen molar-refractivity contribution in [1.82, 2.24) is 4.90 Å². The Hall–Kier alpha value is -4.95. The van der Waals surface area contributed by atoms with Crippen LogP contribution in [0, 0.1) is 5.92 Å². The van der Waals surface area contributed by atoms with Crippen molar-refractivity contribution in [3.63, 3.8) is 0 Å². The lowest BCUT2D eigenvalue weighted by Gasteiger charge is -2.47. The minimum atomic E-state index is -0.892. The summed E-state index contributed by atoms with van der Waals surface area (Å²) < 4.78 is 59.1. The first-order valence-electron chi connectivity index (χ1n) is 21.1. The fraction of sp³-hybridized carbons (Fsp3) is 0.380. The largest absolute Gasteiger partial charge is 0.443 e. The van der Waals surface area contributed by atoms with Crippen molar-refractivity contribution in [3.05, 3.63) is 179 Å². The first kappa shape index (κ1) is 42.7. The molecule has 3 heterocycles. The lowest BCUT2D eigenvalue weighted by atomic mass is 9.89. The number of amides is 1. The zero-order valence-electron chi connectivity index (χ0n) is 34.7. The molecule has 0 aromatic heterocycles. The molecule has 3 saturated heterocycles. The Labute approximate surface area is 358 Å². The highest BCUT2D eigenvalue weighted by atomic mass is 16.7. The van der Waals surface area contributed by atoms with Gasteiger partial charge < -0.3 is 42.6 Å². The van der Waals surface area contributed by atoms with Gasteiger partial charge in [0.15, 0.2) is 12.6 Å². The molecule has 1 amide bonds. The summed E-state index contributed by atoms with van der Waals surface area (Å²) in [5.74, 6) is -0.186. The van der Waals surface area contributed by atoms with Gasteiger partial charge in [-0.2, -0.15) is 0 Å². The van der Waals surface area contributed by atoms with E-state index in [9.17, 15) is 4.79 Å². The van der Waals surface area contributed by atoms with E-state index in [1.54, 1.807) is 12.0 Å². The van der Waals surface area contributed by atoms with Crippen molar-refractivity contribution < 1.29 is 47.4 Å². The van der Waals surface area contributed by atoms with Crippen LogP contribution >= 0.6 is 0 Å². The fourth-order valence-electron chi connectivity index (χ4n) is 8.27. The number of methoxy groups -OCH3 is 1. The molecule has 3 aliphatic rings. The Morgan fingerprint density at radius 3 is 1.49 bits per heavy atom. The second-order valence-electron chi connectivity index (χ2n) is 15.8. The van der Waals surface area contributed by atoms with Crippen molar-refractivity contribution in [3.8, 4) is 0 Å². The molecule has 0 saturated carbocycles. The van der Waals surface area contributed by atoms with Gasteiger partial charge in [-0.3, -0.25) is 4.90 Å². The summed E-state index contributed by atoms with van der Waals surface area (Å²) in [6.07, 6.45) is -5.79. The molecule has 0 radical (unpaired) electrons. The van der Waals surface area contributed by atoms with Crippen LogP contribution in [-0.2, 0) is 75.6 Å². The predicted molar refractivity (Wildman–Crippen MR) is 227 cm³/mol. The highest BCUT2D eigenvalue weighted by Crippen LogP contribution is 2.39. The molecular weight excluding hydrogens is 775 g/mol. The molecule has 0 spiro atoms. The van der Waals surface area contributed by atoms with Gasteiger partial charge in [0.2, 0.25) is 0 Å². The molecule has 11 heteroatoms. The molecule has 3 fully saturated rings. The van der Waals surface area contributed by atoms with Crippen LogP contribution in [-0.4, -0.2) is 86.6 Å². The summed E-state index contributed by atoms with van der Waals surface area (Å²) in [5, 5.41) is 0. The van der Waals surface area contributed by atoms with Crippen LogP contribution in [0.2, 0.25) is 0 Å². The fourth-order valence-corrected chi connectivity index (χ4v) is 8.27. The zero-order valence-corrected chi connectivity index (χ0v) is 34.7. The van der Waals surface area contributed by atoms with Gasteiger partial charge in [-0.1, -0.05) is 159 Å². The Morgan fingerprint density at radius 1 is 0.508 bits per heavy atom. The molecule has 5 aromatic carbocycles. The molecule has 0 aliphatic carbocycles. The van der Waals surface area contributed by atoms with Gasteiger partial charge in [0.1, 0.15) is 36.6 Å². The first-order valence-corrected chi connectivity index (χ1v) is 21.1. The van der Waals surface area contributed by atoms with E-state index >= 15 is 0 Å². The van der Waals surface area contributed by atoms with Crippen molar-refractivity contribution in [2.24, 2.45) is 5.92 Å². The van der Waals surface area contributed by atoms with E-state index < -0.39 is 61.3 Å². The number of benzene rings is 5. The van der Waals surface area contributed by atoms with Crippen molar-refractivity contribution in [2.45, 2.75) is 95.1 Å². The van der Waals surface area contributed by atoms with E-state index in [0.29, 0.717) is 26.4 Å². The van der Waals surface area contributed by atoms with Crippen LogP contribution in [0.3, 0.4) is 0 Å². The Morgan fingerprint density at radius 2 is 0.967 bits per heavy atom. The maximum absolute atomic E-state index is 13.7. The Balaban J connectivity index is 1.07.